The molecule has 1 amide bonds. The number of hydrogen-bond acceptors (Lipinski definition) is 7. The Morgan fingerprint density at radius 2 is 1.96 bits per heavy atom. The Morgan fingerprint density at radius 1 is 1.20 bits per heavy atom. The van der Waals surface area contributed by atoms with Gasteiger partial charge in [-0.25, -0.2) is 14.8 Å². The van der Waals surface area contributed by atoms with Gasteiger partial charge in [0.15, 0.2) is 5.13 Å². The summed E-state index contributed by atoms with van der Waals surface area (Å²) in [6, 6.07) is 5.88. The number of nitrogens with zero attached hydrogens (tertiary/aromatic N) is 4. The van der Waals surface area contributed by atoms with Gasteiger partial charge in [-0.05, 0) is 32.9 Å². The fourth-order valence-corrected chi connectivity index (χ4v) is 4.28. The molecule has 3 rings (SSSR count). The number of hydrogen-bond donors (Lipinski definition) is 0. The third kappa shape index (κ3) is 5.09. The number of amides is 1. The summed E-state index contributed by atoms with van der Waals surface area (Å²) in [6.45, 7) is 8.49. The zero-order valence-corrected chi connectivity index (χ0v) is 16.3. The molecule has 2 aromatic rings. The van der Waals surface area contributed by atoms with Crippen molar-refractivity contribution in [2.75, 3.05) is 31.1 Å². The van der Waals surface area contributed by atoms with Gasteiger partial charge in [0, 0.05) is 32.4 Å². The van der Waals surface area contributed by atoms with E-state index in [-0.39, 0.29) is 6.09 Å². The van der Waals surface area contributed by atoms with Crippen molar-refractivity contribution in [2.24, 2.45) is 0 Å². The van der Waals surface area contributed by atoms with Crippen molar-refractivity contribution in [3.05, 3.63) is 30.6 Å². The molecule has 0 radical (unpaired) electrons. The lowest BCUT2D eigenvalue weighted by Crippen LogP contribution is -2.50. The van der Waals surface area contributed by atoms with Crippen LogP contribution in [0.1, 0.15) is 20.8 Å². The molecule has 0 unspecified atom stereocenters. The lowest BCUT2D eigenvalue weighted by molar-refractivity contribution is 0.0240. The van der Waals surface area contributed by atoms with Crippen molar-refractivity contribution in [1.82, 2.24) is 14.9 Å². The normalized spacial score (nSPS) is 15.3. The number of carbonyl (C=O) groups excluding carboxylic acids is 1. The Bertz CT molecular complexity index is 707. The summed E-state index contributed by atoms with van der Waals surface area (Å²) in [4.78, 5) is 25.0. The fourth-order valence-electron chi connectivity index (χ4n) is 2.36. The van der Waals surface area contributed by atoms with Crippen LogP contribution in [-0.2, 0) is 4.74 Å². The van der Waals surface area contributed by atoms with Gasteiger partial charge in [-0.2, -0.15) is 0 Å². The fraction of sp³-hybridized carbons (Fsp3) is 0.471. The van der Waals surface area contributed by atoms with Crippen LogP contribution in [0.4, 0.5) is 9.93 Å². The van der Waals surface area contributed by atoms with Gasteiger partial charge in [0.05, 0.1) is 10.4 Å². The van der Waals surface area contributed by atoms with Gasteiger partial charge in [-0.3, -0.25) is 0 Å². The van der Waals surface area contributed by atoms with Crippen LogP contribution in [0.5, 0.6) is 0 Å². The minimum Gasteiger partial charge on any atom is -0.444 e. The summed E-state index contributed by atoms with van der Waals surface area (Å²) in [7, 11) is 0. The summed E-state index contributed by atoms with van der Waals surface area (Å²) in [6.07, 6.45) is 3.44. The summed E-state index contributed by atoms with van der Waals surface area (Å²) >= 11 is 3.27. The van der Waals surface area contributed by atoms with Crippen LogP contribution in [0.15, 0.2) is 39.8 Å². The minimum absolute atomic E-state index is 0.238. The van der Waals surface area contributed by atoms with Crippen LogP contribution < -0.4 is 4.90 Å². The number of piperazine rings is 1. The van der Waals surface area contributed by atoms with Gasteiger partial charge in [-0.15, -0.1) is 0 Å². The molecule has 6 nitrogen and oxygen atoms in total. The van der Waals surface area contributed by atoms with Gasteiger partial charge >= 0.3 is 6.09 Å². The predicted molar refractivity (Wildman–Crippen MR) is 100 cm³/mol. The monoisotopic (exact) mass is 378 g/mol. The summed E-state index contributed by atoms with van der Waals surface area (Å²) in [5.74, 6) is 0. The van der Waals surface area contributed by atoms with Gasteiger partial charge in [0.25, 0.3) is 0 Å². The molecule has 1 aliphatic rings. The predicted octanol–water partition coefficient (Wildman–Crippen LogP) is 3.75. The maximum atomic E-state index is 12.1. The van der Waals surface area contributed by atoms with Crippen LogP contribution >= 0.6 is 23.1 Å². The first-order chi connectivity index (χ1) is 11.9. The van der Waals surface area contributed by atoms with E-state index in [9.17, 15) is 4.79 Å². The first kappa shape index (κ1) is 18.0. The Kier molecular flexibility index (Phi) is 5.48. The molecule has 25 heavy (non-hydrogen) atoms. The minimum atomic E-state index is -0.457. The van der Waals surface area contributed by atoms with E-state index < -0.39 is 5.60 Å². The third-order valence-electron chi connectivity index (χ3n) is 3.52. The molecular formula is C17H22N4O2S2. The number of pyridine rings is 1. The molecule has 0 atom stereocenters. The molecule has 1 saturated heterocycles. The van der Waals surface area contributed by atoms with E-state index in [0.29, 0.717) is 13.1 Å². The molecule has 134 valence electrons. The second kappa shape index (κ2) is 7.61. The van der Waals surface area contributed by atoms with Gasteiger partial charge in [-0.1, -0.05) is 29.2 Å². The SMILES string of the molecule is CC(C)(C)OC(=O)N1CCN(c2ncc(Sc3ccccn3)s2)CC1. The molecule has 0 aliphatic carbocycles. The Morgan fingerprint density at radius 3 is 2.60 bits per heavy atom. The lowest BCUT2D eigenvalue weighted by Gasteiger charge is -2.35. The molecular weight excluding hydrogens is 356 g/mol. The highest BCUT2D eigenvalue weighted by molar-refractivity contribution is 8.01. The first-order valence-electron chi connectivity index (χ1n) is 8.18. The molecule has 0 N–H and O–H groups in total. The second-order valence-corrected chi connectivity index (χ2v) is 9.02. The van der Waals surface area contributed by atoms with Crippen molar-refractivity contribution in [1.29, 1.82) is 0 Å². The maximum Gasteiger partial charge on any atom is 0.410 e. The first-order valence-corrected chi connectivity index (χ1v) is 9.81. The zero-order chi connectivity index (χ0) is 17.9. The lowest BCUT2D eigenvalue weighted by atomic mass is 10.2. The van der Waals surface area contributed by atoms with E-state index in [4.69, 9.17) is 4.74 Å². The smallest absolute Gasteiger partial charge is 0.410 e. The highest BCUT2D eigenvalue weighted by Crippen LogP contribution is 2.34. The number of thiazole rings is 1. The maximum absolute atomic E-state index is 12.1. The average Bonchev–Trinajstić information content (AvgIpc) is 3.03. The molecule has 1 fully saturated rings. The van der Waals surface area contributed by atoms with E-state index in [2.05, 4.69) is 14.9 Å². The number of ether oxygens (including phenoxy) is 1. The standard InChI is InChI=1S/C17H22N4O2S2/c1-17(2,3)23-16(22)21-10-8-20(9-11-21)15-19-12-14(25-15)24-13-6-4-5-7-18-13/h4-7,12H,8-11H2,1-3H3. The molecule has 2 aromatic heterocycles. The summed E-state index contributed by atoms with van der Waals surface area (Å²) < 4.78 is 6.55. The van der Waals surface area contributed by atoms with Crippen LogP contribution in [-0.4, -0.2) is 52.7 Å². The van der Waals surface area contributed by atoms with Crippen LogP contribution in [0.3, 0.4) is 0 Å². The van der Waals surface area contributed by atoms with Gasteiger partial charge < -0.3 is 14.5 Å². The van der Waals surface area contributed by atoms with Crippen molar-refractivity contribution in [3.8, 4) is 0 Å². The molecule has 0 bridgehead atoms. The second-order valence-electron chi connectivity index (χ2n) is 6.69. The molecule has 0 aromatic carbocycles. The van der Waals surface area contributed by atoms with E-state index in [1.54, 1.807) is 34.2 Å². The van der Waals surface area contributed by atoms with Crippen molar-refractivity contribution < 1.29 is 9.53 Å². The number of carbonyl (C=O) groups is 1. The van der Waals surface area contributed by atoms with Gasteiger partial charge in [0.2, 0.25) is 0 Å². The Hall–Kier alpha value is -1.80. The highest BCUT2D eigenvalue weighted by Gasteiger charge is 2.26. The summed E-state index contributed by atoms with van der Waals surface area (Å²) in [5, 5.41) is 1.95. The largest absolute Gasteiger partial charge is 0.444 e. The highest BCUT2D eigenvalue weighted by atomic mass is 32.2. The number of rotatable bonds is 3. The van der Waals surface area contributed by atoms with Gasteiger partial charge in [0.1, 0.15) is 10.6 Å². The van der Waals surface area contributed by atoms with Crippen LogP contribution in [0, 0.1) is 0 Å². The number of aromatic nitrogens is 2. The van der Waals surface area contributed by atoms with E-state index in [0.717, 1.165) is 27.5 Å². The van der Waals surface area contributed by atoms with Crippen LogP contribution in [0.2, 0.25) is 0 Å². The Balaban J connectivity index is 1.54. The average molecular weight is 379 g/mol. The zero-order valence-electron chi connectivity index (χ0n) is 14.6. The molecule has 1 aliphatic heterocycles. The van der Waals surface area contributed by atoms with Crippen molar-refractivity contribution >= 4 is 34.3 Å². The quantitative estimate of drug-likeness (QED) is 0.811. The topological polar surface area (TPSA) is 58.6 Å². The summed E-state index contributed by atoms with van der Waals surface area (Å²) in [5.41, 5.74) is -0.457. The third-order valence-corrected chi connectivity index (χ3v) is 5.63. The van der Waals surface area contributed by atoms with Crippen molar-refractivity contribution in [2.45, 2.75) is 35.6 Å². The van der Waals surface area contributed by atoms with Crippen molar-refractivity contribution in [3.63, 3.8) is 0 Å². The Labute approximate surface area is 156 Å². The van der Waals surface area contributed by atoms with E-state index in [1.165, 1.54) is 0 Å². The molecule has 3 heterocycles. The number of anilines is 1. The van der Waals surface area contributed by atoms with Crippen LogP contribution in [0.25, 0.3) is 0 Å². The molecule has 8 heteroatoms. The van der Waals surface area contributed by atoms with E-state index >= 15 is 0 Å². The van der Waals surface area contributed by atoms with E-state index in [1.807, 2.05) is 45.2 Å². The molecule has 0 saturated carbocycles. The molecule has 0 spiro atoms.